The number of aliphatic imine (C=N–C) groups is 1. The average molecular weight is 546 g/mol. The molecular weight excluding hydrogens is 524 g/mol. The van der Waals surface area contributed by atoms with Gasteiger partial charge in [-0.25, -0.2) is 32.1 Å². The van der Waals surface area contributed by atoms with Gasteiger partial charge in [0.2, 0.25) is 10.0 Å². The van der Waals surface area contributed by atoms with Gasteiger partial charge >= 0.3 is 5.97 Å². The number of hydrogen-bond acceptors (Lipinski definition) is 9. The molecule has 188 valence electrons. The molecule has 14 heteroatoms. The maximum Gasteiger partial charge on any atom is 0.338 e. The van der Waals surface area contributed by atoms with Crippen LogP contribution in [0.1, 0.15) is 30.3 Å². The highest BCUT2D eigenvalue weighted by Gasteiger charge is 2.49. The van der Waals surface area contributed by atoms with Gasteiger partial charge in [-0.05, 0) is 12.6 Å². The number of amidine groups is 1. The highest BCUT2D eigenvalue weighted by atomic mass is 35.5. The quantitative estimate of drug-likeness (QED) is 0.422. The second-order valence-electron chi connectivity index (χ2n) is 8.05. The molecule has 0 bridgehead atoms. The molecule has 0 amide bonds. The minimum Gasteiger partial charge on any atom is -0.451 e. The number of primary sulfonamides is 1. The van der Waals surface area contributed by atoms with Crippen LogP contribution in [-0.2, 0) is 25.2 Å². The fourth-order valence-electron chi connectivity index (χ4n) is 4.18. The number of carbonyl (C=O) groups is 1. The van der Waals surface area contributed by atoms with Crippen LogP contribution < -0.4 is 10.5 Å². The summed E-state index contributed by atoms with van der Waals surface area (Å²) in [5.41, 5.74) is -1.56. The summed E-state index contributed by atoms with van der Waals surface area (Å²) >= 11 is 7.51. The van der Waals surface area contributed by atoms with Gasteiger partial charge in [-0.3, -0.25) is 9.89 Å². The molecule has 2 aromatic rings. The normalized spacial score (nSPS) is 23.3. The lowest BCUT2D eigenvalue weighted by molar-refractivity contribution is -0.163. The average Bonchev–Trinajstić information content (AvgIpc) is 3.37. The number of thiazole rings is 1. The van der Waals surface area contributed by atoms with Crippen molar-refractivity contribution < 1.29 is 26.7 Å². The van der Waals surface area contributed by atoms with Crippen LogP contribution in [0.15, 0.2) is 40.5 Å². The molecular formula is C21H22ClF2N5O4S2. The van der Waals surface area contributed by atoms with E-state index in [-0.39, 0.29) is 37.1 Å². The highest BCUT2D eigenvalue weighted by molar-refractivity contribution is 7.89. The molecule has 1 fully saturated rings. The number of likely N-dealkylation sites (tertiary alicyclic amines) is 1. The fourth-order valence-corrected chi connectivity index (χ4v) is 6.29. The van der Waals surface area contributed by atoms with E-state index in [1.807, 2.05) is 0 Å². The Morgan fingerprint density at radius 1 is 1.43 bits per heavy atom. The summed E-state index contributed by atoms with van der Waals surface area (Å²) < 4.78 is 58.9. The maximum absolute atomic E-state index is 14.4. The number of carbonyl (C=O) groups excluding carboxylic acids is 1. The zero-order chi connectivity index (χ0) is 25.4. The van der Waals surface area contributed by atoms with E-state index in [0.29, 0.717) is 17.4 Å². The van der Waals surface area contributed by atoms with Gasteiger partial charge in [0.1, 0.15) is 11.0 Å². The van der Waals surface area contributed by atoms with Crippen LogP contribution in [0.4, 0.5) is 8.78 Å². The molecule has 2 atom stereocenters. The Morgan fingerprint density at radius 2 is 2.20 bits per heavy atom. The highest BCUT2D eigenvalue weighted by Crippen LogP contribution is 2.44. The Balaban J connectivity index is 1.68. The van der Waals surface area contributed by atoms with Gasteiger partial charge in [0.05, 0.1) is 17.1 Å². The van der Waals surface area contributed by atoms with Crippen LogP contribution in [0, 0.1) is 11.6 Å². The van der Waals surface area contributed by atoms with Crippen molar-refractivity contribution in [3.05, 3.63) is 62.7 Å². The molecule has 0 radical (unpaired) electrons. The van der Waals surface area contributed by atoms with Crippen LogP contribution in [0.25, 0.3) is 0 Å². The predicted octanol–water partition coefficient (Wildman–Crippen LogP) is 2.48. The number of nitrogens with zero attached hydrogens (tertiary/aromatic N) is 3. The van der Waals surface area contributed by atoms with Gasteiger partial charge in [-0.15, -0.1) is 11.3 Å². The summed E-state index contributed by atoms with van der Waals surface area (Å²) in [6, 6.07) is 2.05. The fraction of sp³-hybridized carbons (Fsp3) is 0.381. The minimum absolute atomic E-state index is 0.0258. The molecule has 3 heterocycles. The Hall–Kier alpha value is -2.45. The van der Waals surface area contributed by atoms with Crippen LogP contribution in [-0.4, -0.2) is 55.1 Å². The first kappa shape index (κ1) is 25.6. The summed E-state index contributed by atoms with van der Waals surface area (Å²) in [7, 11) is -4.12. The van der Waals surface area contributed by atoms with Gasteiger partial charge in [0, 0.05) is 42.7 Å². The maximum atomic E-state index is 14.4. The SMILES string of the molecule is CCN1CCC(OC(=O)C2=CNC(c3nccs3)=NC2)(c2ccc(F)c(F)c2Cl)CC1S(N)(=O)=O. The number of esters is 1. The van der Waals surface area contributed by atoms with Gasteiger partial charge in [0.15, 0.2) is 22.5 Å². The molecule has 1 aromatic heterocycles. The lowest BCUT2D eigenvalue weighted by atomic mass is 9.83. The first-order chi connectivity index (χ1) is 16.6. The summed E-state index contributed by atoms with van der Waals surface area (Å²) in [6.45, 7) is 2.25. The molecule has 0 aliphatic carbocycles. The van der Waals surface area contributed by atoms with Crippen molar-refractivity contribution in [3.8, 4) is 0 Å². The van der Waals surface area contributed by atoms with Gasteiger partial charge in [-0.1, -0.05) is 24.6 Å². The van der Waals surface area contributed by atoms with E-state index in [2.05, 4.69) is 15.3 Å². The second kappa shape index (κ2) is 9.90. The van der Waals surface area contributed by atoms with Crippen molar-refractivity contribution >= 4 is 44.8 Å². The smallest absolute Gasteiger partial charge is 0.338 e. The number of halogens is 3. The molecule has 0 spiro atoms. The van der Waals surface area contributed by atoms with Crippen molar-refractivity contribution in [2.24, 2.45) is 10.1 Å². The molecule has 1 saturated heterocycles. The number of sulfonamides is 1. The van der Waals surface area contributed by atoms with E-state index in [1.54, 1.807) is 23.4 Å². The molecule has 35 heavy (non-hydrogen) atoms. The van der Waals surface area contributed by atoms with Crippen molar-refractivity contribution in [1.82, 2.24) is 15.2 Å². The summed E-state index contributed by atoms with van der Waals surface area (Å²) in [5.74, 6) is -2.82. The number of hydrogen-bond donors (Lipinski definition) is 2. The molecule has 4 rings (SSSR count). The number of piperidine rings is 1. The predicted molar refractivity (Wildman–Crippen MR) is 127 cm³/mol. The molecule has 2 unspecified atom stereocenters. The number of nitrogens with one attached hydrogen (secondary N) is 1. The molecule has 3 N–H and O–H groups in total. The lowest BCUT2D eigenvalue weighted by Gasteiger charge is -2.45. The van der Waals surface area contributed by atoms with Crippen LogP contribution in [0.3, 0.4) is 0 Å². The minimum atomic E-state index is -4.12. The Kier molecular flexibility index (Phi) is 7.25. The van der Waals surface area contributed by atoms with Gasteiger partial charge in [-0.2, -0.15) is 0 Å². The van der Waals surface area contributed by atoms with Gasteiger partial charge in [0.25, 0.3) is 0 Å². The largest absolute Gasteiger partial charge is 0.451 e. The third-order valence-electron chi connectivity index (χ3n) is 6.00. The second-order valence-corrected chi connectivity index (χ2v) is 11.0. The Labute approximate surface area is 209 Å². The molecule has 1 aromatic carbocycles. The zero-order valence-corrected chi connectivity index (χ0v) is 20.9. The molecule has 2 aliphatic heterocycles. The van der Waals surface area contributed by atoms with Crippen molar-refractivity contribution in [2.75, 3.05) is 19.6 Å². The van der Waals surface area contributed by atoms with Crippen LogP contribution in [0.2, 0.25) is 5.02 Å². The number of ether oxygens (including phenoxy) is 1. The third-order valence-corrected chi connectivity index (χ3v) is 8.37. The van der Waals surface area contributed by atoms with E-state index in [0.717, 1.165) is 6.07 Å². The van der Waals surface area contributed by atoms with E-state index in [9.17, 15) is 22.0 Å². The zero-order valence-electron chi connectivity index (χ0n) is 18.5. The Morgan fingerprint density at radius 3 is 2.80 bits per heavy atom. The van der Waals surface area contributed by atoms with E-state index in [1.165, 1.54) is 23.6 Å². The van der Waals surface area contributed by atoms with E-state index >= 15 is 0 Å². The lowest BCUT2D eigenvalue weighted by Crippen LogP contribution is -2.55. The van der Waals surface area contributed by atoms with Crippen molar-refractivity contribution in [2.45, 2.75) is 30.7 Å². The standard InChI is InChI=1S/C21H22ClF2N5O4S2/c1-2-29-7-5-21(9-15(29)35(25,31)32,13-3-4-14(23)17(24)16(13)22)33-20(30)12-10-27-18(28-11-12)19-26-6-8-34-19/h3-4,6,8,10,15H,2,5,7,9,11H2,1H3,(H,27,28)(H2,25,31,32). The monoisotopic (exact) mass is 545 g/mol. The third kappa shape index (κ3) is 5.09. The van der Waals surface area contributed by atoms with E-state index in [4.69, 9.17) is 21.5 Å². The van der Waals surface area contributed by atoms with Crippen molar-refractivity contribution in [1.29, 1.82) is 0 Å². The first-order valence-electron chi connectivity index (χ1n) is 10.6. The summed E-state index contributed by atoms with van der Waals surface area (Å²) in [5, 5.41) is 8.98. The summed E-state index contributed by atoms with van der Waals surface area (Å²) in [4.78, 5) is 23.3. The summed E-state index contributed by atoms with van der Waals surface area (Å²) in [6.07, 6.45) is 2.81. The molecule has 9 nitrogen and oxygen atoms in total. The number of aromatic nitrogens is 1. The Bertz CT molecular complexity index is 1300. The topological polar surface area (TPSA) is 127 Å². The number of benzene rings is 1. The van der Waals surface area contributed by atoms with Gasteiger partial charge < -0.3 is 10.1 Å². The number of nitrogens with two attached hydrogens (primary N) is 1. The molecule has 2 aliphatic rings. The molecule has 0 saturated carbocycles. The first-order valence-corrected chi connectivity index (χ1v) is 13.5. The van der Waals surface area contributed by atoms with Crippen LogP contribution >= 0.6 is 22.9 Å². The van der Waals surface area contributed by atoms with Crippen LogP contribution in [0.5, 0.6) is 0 Å². The number of rotatable bonds is 6. The van der Waals surface area contributed by atoms with Crippen molar-refractivity contribution in [3.63, 3.8) is 0 Å². The van der Waals surface area contributed by atoms with E-state index < -0.39 is 43.6 Å².